The first kappa shape index (κ1) is 24.0. The van der Waals surface area contributed by atoms with E-state index in [-0.39, 0.29) is 17.9 Å². The number of hydrogen-bond donors (Lipinski definition) is 0. The number of likely N-dealkylation sites (N-methyl/N-ethyl adjacent to an activating group) is 1. The molecular formula is C27H36N4O3. The number of amides is 2. The van der Waals surface area contributed by atoms with Crippen molar-refractivity contribution in [2.75, 3.05) is 27.2 Å². The van der Waals surface area contributed by atoms with E-state index in [0.29, 0.717) is 17.5 Å². The SMILES string of the molecule is COc1cccc(C[C@H](C2CCN(C(=O)[C@@H]3CC=CCC3)CC2)N(C)C(=O)c2ccn(C)n2)c1. The second-order valence-corrected chi connectivity index (χ2v) is 9.56. The molecule has 7 nitrogen and oxygen atoms in total. The molecule has 0 spiro atoms. The Morgan fingerprint density at radius 1 is 1.18 bits per heavy atom. The summed E-state index contributed by atoms with van der Waals surface area (Å²) in [5.41, 5.74) is 1.59. The van der Waals surface area contributed by atoms with E-state index < -0.39 is 0 Å². The van der Waals surface area contributed by atoms with Gasteiger partial charge >= 0.3 is 0 Å². The fourth-order valence-electron chi connectivity index (χ4n) is 5.30. The molecule has 0 radical (unpaired) electrons. The number of nitrogens with zero attached hydrogens (tertiary/aromatic N) is 4. The van der Waals surface area contributed by atoms with Gasteiger partial charge in [0.25, 0.3) is 5.91 Å². The molecule has 1 aromatic heterocycles. The molecule has 2 aromatic rings. The van der Waals surface area contributed by atoms with Gasteiger partial charge in [-0.1, -0.05) is 24.3 Å². The molecule has 34 heavy (non-hydrogen) atoms. The highest BCUT2D eigenvalue weighted by atomic mass is 16.5. The zero-order valence-electron chi connectivity index (χ0n) is 20.5. The van der Waals surface area contributed by atoms with Crippen molar-refractivity contribution >= 4 is 11.8 Å². The number of carbonyl (C=O) groups is 2. The van der Waals surface area contributed by atoms with Gasteiger partial charge in [-0.25, -0.2) is 0 Å². The maximum absolute atomic E-state index is 13.3. The van der Waals surface area contributed by atoms with Gasteiger partial charge in [-0.3, -0.25) is 14.3 Å². The minimum absolute atomic E-state index is 0.0106. The van der Waals surface area contributed by atoms with Crippen LogP contribution in [-0.4, -0.2) is 64.7 Å². The molecule has 1 aliphatic heterocycles. The van der Waals surface area contributed by atoms with Crippen molar-refractivity contribution in [2.24, 2.45) is 18.9 Å². The molecule has 2 amide bonds. The highest BCUT2D eigenvalue weighted by molar-refractivity contribution is 5.92. The smallest absolute Gasteiger partial charge is 0.274 e. The molecule has 1 aromatic carbocycles. The van der Waals surface area contributed by atoms with Crippen LogP contribution in [0.25, 0.3) is 0 Å². The minimum atomic E-state index is -0.0685. The van der Waals surface area contributed by atoms with Crippen LogP contribution in [-0.2, 0) is 18.3 Å². The summed E-state index contributed by atoms with van der Waals surface area (Å²) in [6.45, 7) is 1.51. The second kappa shape index (κ2) is 10.9. The summed E-state index contributed by atoms with van der Waals surface area (Å²) >= 11 is 0. The molecule has 0 N–H and O–H groups in total. The molecule has 0 unspecified atom stereocenters. The number of aromatic nitrogens is 2. The van der Waals surface area contributed by atoms with Gasteiger partial charge in [0, 0.05) is 45.3 Å². The van der Waals surface area contributed by atoms with E-state index in [0.717, 1.165) is 62.9 Å². The topological polar surface area (TPSA) is 67.7 Å². The third-order valence-corrected chi connectivity index (χ3v) is 7.34. The number of likely N-dealkylation sites (tertiary alicyclic amines) is 1. The van der Waals surface area contributed by atoms with Crippen molar-refractivity contribution in [1.29, 1.82) is 0 Å². The third kappa shape index (κ3) is 5.51. The number of hydrogen-bond acceptors (Lipinski definition) is 4. The molecule has 0 bridgehead atoms. The van der Waals surface area contributed by atoms with Crippen LogP contribution in [0.5, 0.6) is 5.75 Å². The molecule has 0 saturated carbocycles. The third-order valence-electron chi connectivity index (χ3n) is 7.34. The van der Waals surface area contributed by atoms with E-state index in [4.69, 9.17) is 4.74 Å². The number of carbonyl (C=O) groups excluding carboxylic acids is 2. The molecule has 2 aliphatic rings. The van der Waals surface area contributed by atoms with Crippen molar-refractivity contribution < 1.29 is 14.3 Å². The van der Waals surface area contributed by atoms with Crippen LogP contribution >= 0.6 is 0 Å². The van der Waals surface area contributed by atoms with Crippen molar-refractivity contribution in [1.82, 2.24) is 19.6 Å². The quantitative estimate of drug-likeness (QED) is 0.586. The van der Waals surface area contributed by atoms with Gasteiger partial charge in [-0.05, 0) is 68.2 Å². The Labute approximate surface area is 202 Å². The summed E-state index contributed by atoms with van der Waals surface area (Å²) in [7, 11) is 5.37. The Morgan fingerprint density at radius 3 is 2.62 bits per heavy atom. The average Bonchev–Trinajstić information content (AvgIpc) is 3.33. The lowest BCUT2D eigenvalue weighted by atomic mass is 9.84. The highest BCUT2D eigenvalue weighted by Crippen LogP contribution is 2.30. The number of benzene rings is 1. The maximum atomic E-state index is 13.3. The van der Waals surface area contributed by atoms with Gasteiger partial charge in [0.1, 0.15) is 11.4 Å². The first-order chi connectivity index (χ1) is 16.5. The Balaban J connectivity index is 1.49. The maximum Gasteiger partial charge on any atom is 0.274 e. The Morgan fingerprint density at radius 2 is 1.97 bits per heavy atom. The first-order valence-electron chi connectivity index (χ1n) is 12.3. The predicted molar refractivity (Wildman–Crippen MR) is 132 cm³/mol. The molecule has 4 rings (SSSR count). The summed E-state index contributed by atoms with van der Waals surface area (Å²) in [6, 6.07) is 9.83. The van der Waals surface area contributed by atoms with Crippen LogP contribution in [0.15, 0.2) is 48.7 Å². The molecular weight excluding hydrogens is 428 g/mol. The molecule has 1 aliphatic carbocycles. The second-order valence-electron chi connectivity index (χ2n) is 9.56. The molecule has 1 fully saturated rings. The summed E-state index contributed by atoms with van der Waals surface area (Å²) in [6.07, 6.45) is 11.4. The van der Waals surface area contributed by atoms with Gasteiger partial charge in [0.15, 0.2) is 0 Å². The van der Waals surface area contributed by atoms with E-state index >= 15 is 0 Å². The summed E-state index contributed by atoms with van der Waals surface area (Å²) in [5, 5.41) is 4.33. The van der Waals surface area contributed by atoms with Crippen LogP contribution in [0.4, 0.5) is 0 Å². The largest absolute Gasteiger partial charge is 0.497 e. The minimum Gasteiger partial charge on any atom is -0.497 e. The summed E-state index contributed by atoms with van der Waals surface area (Å²) < 4.78 is 7.07. The Hall–Kier alpha value is -3.09. The summed E-state index contributed by atoms with van der Waals surface area (Å²) in [5.74, 6) is 1.48. The van der Waals surface area contributed by atoms with Gasteiger partial charge in [0.2, 0.25) is 5.91 Å². The lowest BCUT2D eigenvalue weighted by molar-refractivity contribution is -0.137. The van der Waals surface area contributed by atoms with Gasteiger partial charge < -0.3 is 14.5 Å². The van der Waals surface area contributed by atoms with Crippen molar-refractivity contribution in [3.8, 4) is 5.75 Å². The number of allylic oxidation sites excluding steroid dienone is 2. The molecule has 2 heterocycles. The van der Waals surface area contributed by atoms with E-state index in [1.54, 1.807) is 24.1 Å². The zero-order valence-corrected chi connectivity index (χ0v) is 20.5. The van der Waals surface area contributed by atoms with Gasteiger partial charge in [-0.2, -0.15) is 5.10 Å². The van der Waals surface area contributed by atoms with Crippen LogP contribution in [0.2, 0.25) is 0 Å². The normalized spacial score (nSPS) is 19.6. The fraction of sp³-hybridized carbons (Fsp3) is 0.519. The highest BCUT2D eigenvalue weighted by Gasteiger charge is 2.35. The van der Waals surface area contributed by atoms with E-state index in [2.05, 4.69) is 23.3 Å². The monoisotopic (exact) mass is 464 g/mol. The number of methoxy groups -OCH3 is 1. The van der Waals surface area contributed by atoms with Crippen LogP contribution in [0, 0.1) is 11.8 Å². The number of ether oxygens (including phenoxy) is 1. The van der Waals surface area contributed by atoms with Crippen LogP contribution in [0.3, 0.4) is 0 Å². The van der Waals surface area contributed by atoms with Crippen LogP contribution in [0.1, 0.15) is 48.2 Å². The van der Waals surface area contributed by atoms with E-state index in [1.807, 2.05) is 42.1 Å². The number of aryl methyl sites for hydroxylation is 1. The first-order valence-corrected chi connectivity index (χ1v) is 12.3. The summed E-state index contributed by atoms with van der Waals surface area (Å²) in [4.78, 5) is 30.2. The predicted octanol–water partition coefficient (Wildman–Crippen LogP) is 3.71. The van der Waals surface area contributed by atoms with Crippen molar-refractivity contribution in [2.45, 2.75) is 44.6 Å². The van der Waals surface area contributed by atoms with Crippen LogP contribution < -0.4 is 4.74 Å². The standard InChI is InChI=1S/C27H36N4O3/c1-29-15-14-24(28-29)27(33)30(2)25(19-20-8-7-11-23(18-20)34-3)21-12-16-31(17-13-21)26(32)22-9-5-4-6-10-22/h4-5,7-8,11,14-15,18,21-22,25H,6,9-10,12-13,16-17,19H2,1-3H3/t22-,25-/m1/s1. The van der Waals surface area contributed by atoms with E-state index in [9.17, 15) is 9.59 Å². The zero-order chi connectivity index (χ0) is 24.1. The molecule has 182 valence electrons. The van der Waals surface area contributed by atoms with Crippen molar-refractivity contribution in [3.05, 3.63) is 59.9 Å². The Bertz CT molecular complexity index is 1020. The average molecular weight is 465 g/mol. The molecule has 2 atom stereocenters. The van der Waals surface area contributed by atoms with Crippen molar-refractivity contribution in [3.63, 3.8) is 0 Å². The fourth-order valence-corrected chi connectivity index (χ4v) is 5.30. The molecule has 7 heteroatoms. The van der Waals surface area contributed by atoms with Gasteiger partial charge in [0.05, 0.1) is 7.11 Å². The van der Waals surface area contributed by atoms with Gasteiger partial charge in [-0.15, -0.1) is 0 Å². The Kier molecular flexibility index (Phi) is 7.70. The lowest BCUT2D eigenvalue weighted by Gasteiger charge is -2.41. The number of piperidine rings is 1. The van der Waals surface area contributed by atoms with E-state index in [1.165, 1.54) is 0 Å². The molecule has 1 saturated heterocycles. The number of rotatable bonds is 7. The lowest BCUT2D eigenvalue weighted by Crippen LogP contribution is -2.49.